The Labute approximate surface area is 115 Å². The highest BCUT2D eigenvalue weighted by molar-refractivity contribution is 6.32. The molecule has 0 amide bonds. The van der Waals surface area contributed by atoms with Crippen molar-refractivity contribution in [2.45, 2.75) is 6.92 Å². The van der Waals surface area contributed by atoms with E-state index in [9.17, 15) is 9.18 Å². The zero-order valence-corrected chi connectivity index (χ0v) is 11.3. The molecule has 98 valence electrons. The fourth-order valence-electron chi connectivity index (χ4n) is 1.84. The Balaban J connectivity index is 2.54. The van der Waals surface area contributed by atoms with Crippen molar-refractivity contribution >= 4 is 17.4 Å². The van der Waals surface area contributed by atoms with Crippen molar-refractivity contribution in [2.75, 3.05) is 7.11 Å². The van der Waals surface area contributed by atoms with Crippen molar-refractivity contribution in [3.63, 3.8) is 0 Å². The van der Waals surface area contributed by atoms with Crippen molar-refractivity contribution in [3.8, 4) is 5.75 Å². The van der Waals surface area contributed by atoms with Crippen LogP contribution >= 0.6 is 11.6 Å². The molecule has 0 unspecified atom stereocenters. The predicted molar refractivity (Wildman–Crippen MR) is 72.6 cm³/mol. The average Bonchev–Trinajstić information content (AvgIpc) is 2.41. The third kappa shape index (κ3) is 2.47. The van der Waals surface area contributed by atoms with Gasteiger partial charge in [-0.15, -0.1) is 0 Å². The minimum absolute atomic E-state index is 0.0234. The van der Waals surface area contributed by atoms with E-state index in [0.717, 1.165) is 0 Å². The molecule has 0 fully saturated rings. The van der Waals surface area contributed by atoms with E-state index in [0.29, 0.717) is 16.1 Å². The molecule has 0 aliphatic carbocycles. The molecule has 0 N–H and O–H groups in total. The van der Waals surface area contributed by atoms with Crippen LogP contribution in [0.3, 0.4) is 0 Å². The second kappa shape index (κ2) is 5.41. The van der Waals surface area contributed by atoms with E-state index in [2.05, 4.69) is 0 Å². The monoisotopic (exact) mass is 278 g/mol. The highest BCUT2D eigenvalue weighted by Crippen LogP contribution is 2.25. The van der Waals surface area contributed by atoms with Crippen LogP contribution in [0.15, 0.2) is 36.4 Å². The number of carbonyl (C=O) groups excluding carboxylic acids is 1. The number of halogens is 2. The first-order chi connectivity index (χ1) is 9.06. The van der Waals surface area contributed by atoms with Crippen molar-refractivity contribution in [3.05, 3.63) is 63.9 Å². The first-order valence-electron chi connectivity index (χ1n) is 5.68. The Bertz CT molecular complexity index is 638. The molecule has 0 radical (unpaired) electrons. The number of methoxy groups -OCH3 is 1. The third-order valence-corrected chi connectivity index (χ3v) is 3.35. The molecule has 0 atom stereocenters. The van der Waals surface area contributed by atoms with Gasteiger partial charge in [0.15, 0.2) is 17.3 Å². The van der Waals surface area contributed by atoms with Crippen molar-refractivity contribution in [2.24, 2.45) is 0 Å². The molecular formula is C15H12ClFO2. The number of hydrogen-bond donors (Lipinski definition) is 0. The van der Waals surface area contributed by atoms with E-state index in [1.807, 2.05) is 0 Å². The second-order valence-corrected chi connectivity index (χ2v) is 4.47. The van der Waals surface area contributed by atoms with Crippen molar-refractivity contribution < 1.29 is 13.9 Å². The smallest absolute Gasteiger partial charge is 0.196 e. The van der Waals surface area contributed by atoms with E-state index >= 15 is 0 Å². The lowest BCUT2D eigenvalue weighted by molar-refractivity contribution is 0.103. The molecular weight excluding hydrogens is 267 g/mol. The molecule has 0 aliphatic heterocycles. The molecule has 0 saturated heterocycles. The van der Waals surface area contributed by atoms with Gasteiger partial charge in [-0.3, -0.25) is 4.79 Å². The molecule has 2 aromatic carbocycles. The Morgan fingerprint density at radius 2 is 1.79 bits per heavy atom. The third-order valence-electron chi connectivity index (χ3n) is 2.94. The van der Waals surface area contributed by atoms with Gasteiger partial charge in [0.2, 0.25) is 0 Å². The number of benzene rings is 2. The van der Waals surface area contributed by atoms with Crippen molar-refractivity contribution in [1.29, 1.82) is 0 Å². The lowest BCUT2D eigenvalue weighted by atomic mass is 9.98. The summed E-state index contributed by atoms with van der Waals surface area (Å²) in [5.41, 5.74) is 1.00. The van der Waals surface area contributed by atoms with Crippen LogP contribution in [0.4, 0.5) is 4.39 Å². The number of rotatable bonds is 3. The van der Waals surface area contributed by atoms with Gasteiger partial charge in [-0.2, -0.15) is 0 Å². The SMILES string of the molecule is COc1cccc(C(=O)c2cccc(Cl)c2C)c1F. The fourth-order valence-corrected chi connectivity index (χ4v) is 2.02. The van der Waals surface area contributed by atoms with Crippen LogP contribution in [0, 0.1) is 12.7 Å². The molecule has 0 saturated carbocycles. The lowest BCUT2D eigenvalue weighted by Crippen LogP contribution is -2.07. The fraction of sp³-hybridized carbons (Fsp3) is 0.133. The van der Waals surface area contributed by atoms with Gasteiger partial charge in [0.1, 0.15) is 0 Å². The van der Waals surface area contributed by atoms with Crippen molar-refractivity contribution in [1.82, 2.24) is 0 Å². The summed E-state index contributed by atoms with van der Waals surface area (Å²) in [7, 11) is 1.36. The van der Waals surface area contributed by atoms with Gasteiger partial charge in [0.25, 0.3) is 0 Å². The van der Waals surface area contributed by atoms with Gasteiger partial charge in [-0.1, -0.05) is 29.8 Å². The average molecular weight is 279 g/mol. The van der Waals surface area contributed by atoms with E-state index < -0.39 is 11.6 Å². The summed E-state index contributed by atoms with van der Waals surface area (Å²) >= 11 is 5.97. The maximum absolute atomic E-state index is 14.1. The van der Waals surface area contributed by atoms with Crippen LogP contribution < -0.4 is 4.74 Å². The van der Waals surface area contributed by atoms with E-state index in [1.54, 1.807) is 31.2 Å². The molecule has 0 aliphatic rings. The van der Waals surface area contributed by atoms with Gasteiger partial charge in [-0.25, -0.2) is 4.39 Å². The minimum Gasteiger partial charge on any atom is -0.494 e. The summed E-state index contributed by atoms with van der Waals surface area (Å²) < 4.78 is 18.9. The maximum Gasteiger partial charge on any atom is 0.196 e. The van der Waals surface area contributed by atoms with E-state index in [4.69, 9.17) is 16.3 Å². The van der Waals surface area contributed by atoms with Crippen LogP contribution in [0.2, 0.25) is 5.02 Å². The molecule has 19 heavy (non-hydrogen) atoms. The molecule has 0 heterocycles. The predicted octanol–water partition coefficient (Wildman–Crippen LogP) is 4.03. The van der Waals surface area contributed by atoms with Gasteiger partial charge in [0, 0.05) is 10.6 Å². The zero-order chi connectivity index (χ0) is 14.0. The molecule has 0 aromatic heterocycles. The quantitative estimate of drug-likeness (QED) is 0.793. The van der Waals surface area contributed by atoms with Crippen LogP contribution in [-0.4, -0.2) is 12.9 Å². The Morgan fingerprint density at radius 1 is 1.16 bits per heavy atom. The largest absolute Gasteiger partial charge is 0.494 e. The standard InChI is InChI=1S/C15H12ClFO2/c1-9-10(5-3-7-12(9)16)15(18)11-6-4-8-13(19-2)14(11)17/h3-8H,1-2H3. The van der Waals surface area contributed by atoms with E-state index in [1.165, 1.54) is 19.2 Å². The Hall–Kier alpha value is -1.87. The highest BCUT2D eigenvalue weighted by atomic mass is 35.5. The summed E-state index contributed by atoms with van der Waals surface area (Å²) in [4.78, 5) is 12.4. The zero-order valence-electron chi connectivity index (χ0n) is 10.5. The van der Waals surface area contributed by atoms with Gasteiger partial charge >= 0.3 is 0 Å². The summed E-state index contributed by atoms with van der Waals surface area (Å²) in [6.45, 7) is 1.73. The Morgan fingerprint density at radius 3 is 2.47 bits per heavy atom. The molecule has 2 aromatic rings. The summed E-state index contributed by atoms with van der Waals surface area (Å²) in [5.74, 6) is -1.02. The summed E-state index contributed by atoms with van der Waals surface area (Å²) in [5, 5.41) is 0.481. The van der Waals surface area contributed by atoms with Crippen LogP contribution in [-0.2, 0) is 0 Å². The highest BCUT2D eigenvalue weighted by Gasteiger charge is 2.19. The number of ether oxygens (including phenoxy) is 1. The Kier molecular flexibility index (Phi) is 3.86. The molecule has 2 nitrogen and oxygen atoms in total. The number of carbonyl (C=O) groups is 1. The molecule has 0 spiro atoms. The van der Waals surface area contributed by atoms with Gasteiger partial charge in [0.05, 0.1) is 12.7 Å². The van der Waals surface area contributed by atoms with Crippen LogP contribution in [0.1, 0.15) is 21.5 Å². The minimum atomic E-state index is -0.658. The van der Waals surface area contributed by atoms with Crippen LogP contribution in [0.5, 0.6) is 5.75 Å². The van der Waals surface area contributed by atoms with Gasteiger partial charge < -0.3 is 4.74 Å². The van der Waals surface area contributed by atoms with E-state index in [-0.39, 0.29) is 11.3 Å². The molecule has 2 rings (SSSR count). The molecule has 4 heteroatoms. The van der Waals surface area contributed by atoms with Crippen LogP contribution in [0.25, 0.3) is 0 Å². The second-order valence-electron chi connectivity index (χ2n) is 4.06. The van der Waals surface area contributed by atoms with Gasteiger partial charge in [-0.05, 0) is 30.7 Å². The normalized spacial score (nSPS) is 10.3. The first kappa shape index (κ1) is 13.6. The summed E-state index contributed by atoms with van der Waals surface area (Å²) in [6, 6.07) is 9.46. The number of hydrogen-bond acceptors (Lipinski definition) is 2. The lowest BCUT2D eigenvalue weighted by Gasteiger charge is -2.09. The number of ketones is 1. The molecule has 0 bridgehead atoms. The topological polar surface area (TPSA) is 26.3 Å². The first-order valence-corrected chi connectivity index (χ1v) is 6.06. The maximum atomic E-state index is 14.1. The summed E-state index contributed by atoms with van der Waals surface area (Å²) in [6.07, 6.45) is 0.